The summed E-state index contributed by atoms with van der Waals surface area (Å²) in [6.45, 7) is 0. The third kappa shape index (κ3) is 3.28. The fraction of sp³-hybridized carbons (Fsp3) is 0.154. The molecular weight excluding hydrogens is 232 g/mol. The molecule has 0 aliphatic heterocycles. The highest BCUT2D eigenvalue weighted by Crippen LogP contribution is 2.10. The summed E-state index contributed by atoms with van der Waals surface area (Å²) in [6.07, 6.45) is 3.66. The van der Waals surface area contributed by atoms with Crippen LogP contribution in [0.1, 0.15) is 5.56 Å². The van der Waals surface area contributed by atoms with Crippen LogP contribution in [0, 0.1) is 0 Å². The van der Waals surface area contributed by atoms with Crippen LogP contribution in [0.25, 0.3) is 0 Å². The highest BCUT2D eigenvalue weighted by Gasteiger charge is 2.20. The van der Waals surface area contributed by atoms with Crippen LogP contribution >= 0.6 is 0 Å². The highest BCUT2D eigenvalue weighted by molar-refractivity contribution is 5.73. The van der Waals surface area contributed by atoms with Crippen LogP contribution in [-0.2, 0) is 11.2 Å². The maximum absolute atomic E-state index is 11.1. The summed E-state index contributed by atoms with van der Waals surface area (Å²) in [5, 5.41) is 9.12. The second-order valence-corrected chi connectivity index (χ2v) is 3.68. The van der Waals surface area contributed by atoms with Crippen LogP contribution in [0.5, 0.6) is 5.88 Å². The van der Waals surface area contributed by atoms with Crippen molar-refractivity contribution in [3.05, 3.63) is 54.5 Å². The zero-order valence-corrected chi connectivity index (χ0v) is 9.56. The SMILES string of the molecule is O=C(O)[C@H](Cc1ccccc1)Oc1cnccn1. The summed E-state index contributed by atoms with van der Waals surface area (Å²) in [5.41, 5.74) is 0.897. The normalized spacial score (nSPS) is 11.8. The average molecular weight is 244 g/mol. The smallest absolute Gasteiger partial charge is 0.345 e. The molecule has 5 nitrogen and oxygen atoms in total. The minimum Gasteiger partial charge on any atom is -0.478 e. The van der Waals surface area contributed by atoms with Crippen LogP contribution in [0.2, 0.25) is 0 Å². The molecule has 0 fully saturated rings. The van der Waals surface area contributed by atoms with Crippen LogP contribution < -0.4 is 4.74 Å². The lowest BCUT2D eigenvalue weighted by molar-refractivity contribution is -0.145. The Hall–Kier alpha value is -2.43. The van der Waals surface area contributed by atoms with Crippen LogP contribution in [-0.4, -0.2) is 27.1 Å². The largest absolute Gasteiger partial charge is 0.478 e. The quantitative estimate of drug-likeness (QED) is 0.863. The fourth-order valence-electron chi connectivity index (χ4n) is 1.50. The number of aromatic nitrogens is 2. The van der Waals surface area contributed by atoms with E-state index in [9.17, 15) is 4.79 Å². The van der Waals surface area contributed by atoms with Gasteiger partial charge in [-0.1, -0.05) is 30.3 Å². The molecule has 1 aromatic heterocycles. The fourth-order valence-corrected chi connectivity index (χ4v) is 1.50. The Morgan fingerprint density at radius 3 is 2.67 bits per heavy atom. The predicted octanol–water partition coefficient (Wildman–Crippen LogP) is 1.55. The van der Waals surface area contributed by atoms with Gasteiger partial charge < -0.3 is 9.84 Å². The Kier molecular flexibility index (Phi) is 3.86. The number of carbonyl (C=O) groups is 1. The van der Waals surface area contributed by atoms with Crippen molar-refractivity contribution in [3.63, 3.8) is 0 Å². The molecule has 0 saturated heterocycles. The van der Waals surface area contributed by atoms with Gasteiger partial charge in [0.1, 0.15) is 0 Å². The molecule has 0 amide bonds. The highest BCUT2D eigenvalue weighted by atomic mass is 16.5. The van der Waals surface area contributed by atoms with Crippen molar-refractivity contribution in [2.75, 3.05) is 0 Å². The zero-order chi connectivity index (χ0) is 12.8. The van der Waals surface area contributed by atoms with Crippen molar-refractivity contribution >= 4 is 5.97 Å². The first-order chi connectivity index (χ1) is 8.75. The number of nitrogens with zero attached hydrogens (tertiary/aromatic N) is 2. The van der Waals surface area contributed by atoms with E-state index in [1.54, 1.807) is 0 Å². The lowest BCUT2D eigenvalue weighted by Gasteiger charge is -2.13. The minimum atomic E-state index is -1.02. The summed E-state index contributed by atoms with van der Waals surface area (Å²) in [5.74, 6) is -0.815. The van der Waals surface area contributed by atoms with Crippen LogP contribution in [0.15, 0.2) is 48.9 Å². The third-order valence-corrected chi connectivity index (χ3v) is 2.34. The van der Waals surface area contributed by atoms with E-state index in [4.69, 9.17) is 9.84 Å². The van der Waals surface area contributed by atoms with E-state index in [0.29, 0.717) is 0 Å². The third-order valence-electron chi connectivity index (χ3n) is 2.34. The summed E-state index contributed by atoms with van der Waals surface area (Å²) in [6, 6.07) is 9.31. The van der Waals surface area contributed by atoms with Gasteiger partial charge in [0.15, 0.2) is 0 Å². The number of hydrogen-bond acceptors (Lipinski definition) is 4. The van der Waals surface area contributed by atoms with Gasteiger partial charge in [-0.05, 0) is 5.56 Å². The molecule has 1 heterocycles. The molecule has 0 saturated carbocycles. The number of ether oxygens (including phenoxy) is 1. The van der Waals surface area contributed by atoms with Gasteiger partial charge in [-0.25, -0.2) is 9.78 Å². The Labute approximate surface area is 104 Å². The van der Waals surface area contributed by atoms with E-state index in [2.05, 4.69) is 9.97 Å². The molecule has 0 aliphatic rings. The second kappa shape index (κ2) is 5.77. The van der Waals surface area contributed by atoms with Crippen LogP contribution in [0.3, 0.4) is 0 Å². The van der Waals surface area contributed by atoms with Crippen molar-refractivity contribution in [1.82, 2.24) is 9.97 Å². The Morgan fingerprint density at radius 2 is 2.06 bits per heavy atom. The molecule has 0 aliphatic carbocycles. The molecule has 0 spiro atoms. The lowest BCUT2D eigenvalue weighted by atomic mass is 10.1. The maximum atomic E-state index is 11.1. The number of hydrogen-bond donors (Lipinski definition) is 1. The first kappa shape index (κ1) is 12.0. The summed E-state index contributed by atoms with van der Waals surface area (Å²) in [7, 11) is 0. The molecule has 2 rings (SSSR count). The number of carboxylic acid groups (broad SMARTS) is 1. The van der Waals surface area contributed by atoms with Crippen molar-refractivity contribution in [2.45, 2.75) is 12.5 Å². The molecule has 0 radical (unpaired) electrons. The first-order valence-corrected chi connectivity index (χ1v) is 5.45. The Bertz CT molecular complexity index is 461. The molecule has 92 valence electrons. The van der Waals surface area contributed by atoms with Crippen molar-refractivity contribution < 1.29 is 14.6 Å². The standard InChI is InChI=1S/C13H12N2O3/c16-13(17)11(8-10-4-2-1-3-5-10)18-12-9-14-6-7-15-12/h1-7,9,11H,8H2,(H,16,17)/t11-/m0/s1. The van der Waals surface area contributed by atoms with Gasteiger partial charge >= 0.3 is 5.97 Å². The second-order valence-electron chi connectivity index (χ2n) is 3.68. The van der Waals surface area contributed by atoms with E-state index in [0.717, 1.165) is 5.56 Å². The van der Waals surface area contributed by atoms with Crippen LogP contribution in [0.4, 0.5) is 0 Å². The van der Waals surface area contributed by atoms with Gasteiger partial charge in [0.2, 0.25) is 12.0 Å². The number of carboxylic acids is 1. The first-order valence-electron chi connectivity index (χ1n) is 5.45. The monoisotopic (exact) mass is 244 g/mol. The Morgan fingerprint density at radius 1 is 1.28 bits per heavy atom. The summed E-state index contributed by atoms with van der Waals surface area (Å²) >= 11 is 0. The number of benzene rings is 1. The van der Waals surface area contributed by atoms with Crippen molar-refractivity contribution in [3.8, 4) is 5.88 Å². The molecule has 1 atom stereocenters. The van der Waals surface area contributed by atoms with Crippen molar-refractivity contribution in [1.29, 1.82) is 0 Å². The number of rotatable bonds is 5. The minimum absolute atomic E-state index is 0.209. The molecular formula is C13H12N2O3. The Balaban J connectivity index is 2.08. The van der Waals surface area contributed by atoms with E-state index in [-0.39, 0.29) is 12.3 Å². The average Bonchev–Trinajstić information content (AvgIpc) is 2.40. The lowest BCUT2D eigenvalue weighted by Crippen LogP contribution is -2.29. The van der Waals surface area contributed by atoms with Gasteiger partial charge in [-0.2, -0.15) is 0 Å². The van der Waals surface area contributed by atoms with E-state index in [1.165, 1.54) is 18.6 Å². The maximum Gasteiger partial charge on any atom is 0.345 e. The van der Waals surface area contributed by atoms with Crippen molar-refractivity contribution in [2.24, 2.45) is 0 Å². The van der Waals surface area contributed by atoms with Gasteiger partial charge in [-0.15, -0.1) is 0 Å². The zero-order valence-electron chi connectivity index (χ0n) is 9.56. The van der Waals surface area contributed by atoms with E-state index >= 15 is 0 Å². The molecule has 0 unspecified atom stereocenters. The van der Waals surface area contributed by atoms with E-state index < -0.39 is 12.1 Å². The molecule has 18 heavy (non-hydrogen) atoms. The molecule has 1 aromatic carbocycles. The van der Waals surface area contributed by atoms with Gasteiger partial charge in [-0.3, -0.25) is 4.98 Å². The summed E-state index contributed by atoms with van der Waals surface area (Å²) < 4.78 is 5.31. The molecule has 1 N–H and O–H groups in total. The number of aliphatic carboxylic acids is 1. The predicted molar refractivity (Wildman–Crippen MR) is 64.2 cm³/mol. The van der Waals surface area contributed by atoms with Gasteiger partial charge in [0.05, 0.1) is 6.20 Å². The van der Waals surface area contributed by atoms with Gasteiger partial charge in [0, 0.05) is 18.8 Å². The molecule has 5 heteroatoms. The molecule has 0 bridgehead atoms. The van der Waals surface area contributed by atoms with E-state index in [1.807, 2.05) is 30.3 Å². The summed E-state index contributed by atoms with van der Waals surface area (Å²) in [4.78, 5) is 18.9. The topological polar surface area (TPSA) is 72.3 Å². The molecule has 2 aromatic rings. The van der Waals surface area contributed by atoms with Gasteiger partial charge in [0.25, 0.3) is 0 Å².